The lowest BCUT2D eigenvalue weighted by atomic mass is 10.1. The summed E-state index contributed by atoms with van der Waals surface area (Å²) in [6.45, 7) is 0.800. The second-order valence-electron chi connectivity index (χ2n) is 5.53. The number of ether oxygens (including phenoxy) is 1. The van der Waals surface area contributed by atoms with Gasteiger partial charge in [0.25, 0.3) is 5.91 Å². The van der Waals surface area contributed by atoms with E-state index < -0.39 is 28.3 Å². The number of Topliss-reactive ketones (excluding diaryl/α,β-unsaturated/α-hetero) is 1. The number of benzene rings is 2. The molecule has 26 heavy (non-hydrogen) atoms. The molecule has 1 N–H and O–H groups in total. The van der Waals surface area contributed by atoms with Crippen molar-refractivity contribution in [3.8, 4) is 0 Å². The summed E-state index contributed by atoms with van der Waals surface area (Å²) in [6.07, 6.45) is 1.03. The first-order valence-electron chi connectivity index (χ1n) is 7.55. The molecule has 2 aromatic carbocycles. The Kier molecular flexibility index (Phi) is 5.89. The molecule has 0 radical (unpaired) electrons. The van der Waals surface area contributed by atoms with E-state index in [0.717, 1.165) is 6.26 Å². The van der Waals surface area contributed by atoms with Gasteiger partial charge in [-0.2, -0.15) is 0 Å². The van der Waals surface area contributed by atoms with Crippen LogP contribution in [0.2, 0.25) is 0 Å². The van der Waals surface area contributed by atoms with E-state index in [1.54, 1.807) is 24.3 Å². The van der Waals surface area contributed by atoms with Crippen LogP contribution in [0.15, 0.2) is 53.4 Å². The number of ketones is 1. The van der Waals surface area contributed by atoms with Crippen LogP contribution in [0.3, 0.4) is 0 Å². The van der Waals surface area contributed by atoms with Crippen molar-refractivity contribution in [1.29, 1.82) is 0 Å². The summed E-state index contributed by atoms with van der Waals surface area (Å²) < 4.78 is 27.9. The van der Waals surface area contributed by atoms with Gasteiger partial charge in [0.15, 0.2) is 22.2 Å². The molecule has 7 nitrogen and oxygen atoms in total. The van der Waals surface area contributed by atoms with Gasteiger partial charge in [-0.1, -0.05) is 18.2 Å². The second kappa shape index (κ2) is 7.92. The van der Waals surface area contributed by atoms with Crippen LogP contribution >= 0.6 is 0 Å². The van der Waals surface area contributed by atoms with E-state index in [4.69, 9.17) is 4.74 Å². The Morgan fingerprint density at radius 2 is 1.73 bits per heavy atom. The van der Waals surface area contributed by atoms with Crippen LogP contribution in [-0.2, 0) is 19.4 Å². The summed E-state index contributed by atoms with van der Waals surface area (Å²) in [5.74, 6) is -1.66. The Morgan fingerprint density at radius 3 is 2.38 bits per heavy atom. The van der Waals surface area contributed by atoms with Crippen LogP contribution in [0.25, 0.3) is 0 Å². The predicted octanol–water partition coefficient (Wildman–Crippen LogP) is 2.09. The van der Waals surface area contributed by atoms with Crippen molar-refractivity contribution in [2.75, 3.05) is 18.2 Å². The summed E-state index contributed by atoms with van der Waals surface area (Å²) >= 11 is 0. The van der Waals surface area contributed by atoms with Crippen LogP contribution in [0.1, 0.15) is 27.6 Å². The number of carbonyl (C=O) groups excluding carboxylic acids is 3. The minimum absolute atomic E-state index is 0.0184. The molecule has 0 aliphatic heterocycles. The summed E-state index contributed by atoms with van der Waals surface area (Å²) in [6, 6.07) is 11.8. The zero-order valence-corrected chi connectivity index (χ0v) is 15.0. The zero-order chi connectivity index (χ0) is 19.3. The quantitative estimate of drug-likeness (QED) is 0.612. The van der Waals surface area contributed by atoms with Crippen molar-refractivity contribution < 1.29 is 27.5 Å². The molecule has 2 rings (SSSR count). The number of hydrogen-bond donors (Lipinski definition) is 1. The van der Waals surface area contributed by atoms with E-state index in [-0.39, 0.29) is 16.2 Å². The van der Waals surface area contributed by atoms with Gasteiger partial charge in [0.05, 0.1) is 16.1 Å². The number of esters is 1. The third kappa shape index (κ3) is 5.00. The van der Waals surface area contributed by atoms with Crippen LogP contribution < -0.4 is 5.32 Å². The second-order valence-corrected chi connectivity index (χ2v) is 7.54. The fourth-order valence-electron chi connectivity index (χ4n) is 2.15. The minimum Gasteiger partial charge on any atom is -0.452 e. The third-order valence-electron chi connectivity index (χ3n) is 3.41. The predicted molar refractivity (Wildman–Crippen MR) is 94.9 cm³/mol. The maximum atomic E-state index is 12.0. The normalized spacial score (nSPS) is 10.8. The molecule has 0 unspecified atom stereocenters. The average Bonchev–Trinajstić information content (AvgIpc) is 2.59. The number of para-hydroxylation sites is 1. The van der Waals surface area contributed by atoms with Crippen molar-refractivity contribution in [3.63, 3.8) is 0 Å². The molecule has 0 aromatic heterocycles. The van der Waals surface area contributed by atoms with Crippen molar-refractivity contribution in [3.05, 3.63) is 59.7 Å². The topological polar surface area (TPSA) is 107 Å². The molecule has 1 amide bonds. The molecule has 0 spiro atoms. The van der Waals surface area contributed by atoms with Crippen LogP contribution in [-0.4, -0.2) is 38.9 Å². The lowest BCUT2D eigenvalue weighted by molar-refractivity contribution is -0.119. The van der Waals surface area contributed by atoms with Gasteiger partial charge >= 0.3 is 5.97 Å². The lowest BCUT2D eigenvalue weighted by Gasteiger charge is -2.09. The first-order chi connectivity index (χ1) is 12.2. The summed E-state index contributed by atoms with van der Waals surface area (Å²) in [5, 5.41) is 2.50. The number of amides is 1. The molecule has 0 atom stereocenters. The smallest absolute Gasteiger partial charge is 0.338 e. The molecule has 0 aliphatic carbocycles. The zero-order valence-electron chi connectivity index (χ0n) is 14.2. The highest BCUT2D eigenvalue weighted by molar-refractivity contribution is 7.90. The first kappa shape index (κ1) is 19.3. The molecular formula is C18H17NO6S. The SMILES string of the molecule is CC(=O)c1ccccc1NC(=O)COC(=O)c1cccc(S(C)(=O)=O)c1. The molecular weight excluding hydrogens is 358 g/mol. The van der Waals surface area contributed by atoms with Gasteiger partial charge in [0, 0.05) is 11.8 Å². The van der Waals surface area contributed by atoms with E-state index in [2.05, 4.69) is 5.32 Å². The van der Waals surface area contributed by atoms with Crippen molar-refractivity contribution in [2.24, 2.45) is 0 Å². The van der Waals surface area contributed by atoms with E-state index in [0.29, 0.717) is 11.3 Å². The van der Waals surface area contributed by atoms with Crippen molar-refractivity contribution in [2.45, 2.75) is 11.8 Å². The van der Waals surface area contributed by atoms with Crippen LogP contribution in [0.4, 0.5) is 5.69 Å². The highest BCUT2D eigenvalue weighted by atomic mass is 32.2. The molecule has 0 fully saturated rings. The van der Waals surface area contributed by atoms with Crippen LogP contribution in [0, 0.1) is 0 Å². The summed E-state index contributed by atoms with van der Waals surface area (Å²) in [7, 11) is -3.46. The molecule has 0 saturated carbocycles. The van der Waals surface area contributed by atoms with E-state index in [1.807, 2.05) is 0 Å². The maximum Gasteiger partial charge on any atom is 0.338 e. The highest BCUT2D eigenvalue weighted by Gasteiger charge is 2.15. The highest BCUT2D eigenvalue weighted by Crippen LogP contribution is 2.16. The maximum absolute atomic E-state index is 12.0. The molecule has 8 heteroatoms. The Balaban J connectivity index is 2.02. The molecule has 2 aromatic rings. The standard InChI is InChI=1S/C18H17NO6S/c1-12(20)15-8-3-4-9-16(15)19-17(21)11-25-18(22)13-6-5-7-14(10-13)26(2,23)24/h3-10H,11H2,1-2H3,(H,19,21). The fourth-order valence-corrected chi connectivity index (χ4v) is 2.82. The van der Waals surface area contributed by atoms with Gasteiger partial charge in [-0.3, -0.25) is 9.59 Å². The van der Waals surface area contributed by atoms with Gasteiger partial charge in [-0.15, -0.1) is 0 Å². The monoisotopic (exact) mass is 375 g/mol. The number of hydrogen-bond acceptors (Lipinski definition) is 6. The fraction of sp³-hybridized carbons (Fsp3) is 0.167. The van der Waals surface area contributed by atoms with Crippen molar-refractivity contribution >= 4 is 33.2 Å². The first-order valence-corrected chi connectivity index (χ1v) is 9.44. The average molecular weight is 375 g/mol. The third-order valence-corrected chi connectivity index (χ3v) is 4.52. The summed E-state index contributed by atoms with van der Waals surface area (Å²) in [4.78, 5) is 35.5. The van der Waals surface area contributed by atoms with Crippen LogP contribution in [0.5, 0.6) is 0 Å². The van der Waals surface area contributed by atoms with Gasteiger partial charge in [0.1, 0.15) is 0 Å². The molecule has 136 valence electrons. The molecule has 0 saturated heterocycles. The minimum atomic E-state index is -3.46. The molecule has 0 aliphatic rings. The largest absolute Gasteiger partial charge is 0.452 e. The van der Waals surface area contributed by atoms with E-state index in [1.165, 1.54) is 31.2 Å². The Labute approximate surface area is 150 Å². The van der Waals surface area contributed by atoms with Crippen molar-refractivity contribution in [1.82, 2.24) is 0 Å². The molecule has 0 bridgehead atoms. The number of sulfone groups is 1. The van der Waals surface area contributed by atoms with E-state index in [9.17, 15) is 22.8 Å². The number of nitrogens with one attached hydrogen (secondary N) is 1. The number of anilines is 1. The number of rotatable bonds is 6. The lowest BCUT2D eigenvalue weighted by Crippen LogP contribution is -2.22. The molecule has 0 heterocycles. The Morgan fingerprint density at radius 1 is 1.04 bits per heavy atom. The van der Waals surface area contributed by atoms with Gasteiger partial charge < -0.3 is 10.1 Å². The van der Waals surface area contributed by atoms with E-state index >= 15 is 0 Å². The van der Waals surface area contributed by atoms with Gasteiger partial charge in [-0.05, 0) is 37.3 Å². The summed E-state index contributed by atoms with van der Waals surface area (Å²) in [5.41, 5.74) is 0.679. The van der Waals surface area contributed by atoms with Gasteiger partial charge in [-0.25, -0.2) is 13.2 Å². The van der Waals surface area contributed by atoms with Gasteiger partial charge in [0.2, 0.25) is 0 Å². The number of carbonyl (C=O) groups is 3. The Hall–Kier alpha value is -3.00. The Bertz CT molecular complexity index is 965.